The molecule has 10 rings (SSSR count). The minimum Gasteiger partial charge on any atom is -0.309 e. The van der Waals surface area contributed by atoms with Crippen molar-refractivity contribution >= 4 is 44.9 Å². The van der Waals surface area contributed by atoms with E-state index in [9.17, 15) is 0 Å². The van der Waals surface area contributed by atoms with Crippen molar-refractivity contribution in [3.63, 3.8) is 0 Å². The summed E-state index contributed by atoms with van der Waals surface area (Å²) >= 11 is 0. The van der Waals surface area contributed by atoms with Crippen LogP contribution >= 0.6 is 7.14 Å². The molecule has 2 heterocycles. The Kier molecular flexibility index (Phi) is 5.86. The van der Waals surface area contributed by atoms with Gasteiger partial charge in [-0.2, -0.15) is 0 Å². The lowest BCUT2D eigenvalue weighted by molar-refractivity contribution is 0.557. The summed E-state index contributed by atoms with van der Waals surface area (Å²) in [5.74, 6) is 0. The molecule has 0 fully saturated rings. The van der Waals surface area contributed by atoms with Crippen LogP contribution in [-0.4, -0.2) is 4.57 Å². The topological polar surface area (TPSA) is 22.0 Å². The number of aromatic nitrogens is 1. The number of para-hydroxylation sites is 3. The summed E-state index contributed by atoms with van der Waals surface area (Å²) in [4.78, 5) is 0. The van der Waals surface area contributed by atoms with E-state index in [0.29, 0.717) is 0 Å². The van der Waals surface area contributed by atoms with Gasteiger partial charge in [-0.05, 0) is 45.5 Å². The van der Waals surface area contributed by atoms with Gasteiger partial charge in [0.2, 0.25) is 0 Å². The monoisotopic (exact) mass is 647 g/mol. The van der Waals surface area contributed by atoms with E-state index in [1.165, 1.54) is 55.3 Å². The molecular weight excluding hydrogens is 613 g/mol. The van der Waals surface area contributed by atoms with Gasteiger partial charge in [-0.25, -0.2) is 0 Å². The zero-order chi connectivity index (χ0) is 33.0. The first kappa shape index (κ1) is 28.6. The maximum Gasteiger partial charge on any atom is 0.171 e. The lowest BCUT2D eigenvalue weighted by Crippen LogP contribution is -2.47. The molecule has 1 spiro atoms. The Morgan fingerprint density at radius 2 is 1.00 bits per heavy atom. The molecule has 0 saturated carbocycles. The van der Waals surface area contributed by atoms with Gasteiger partial charge in [-0.3, -0.25) is 0 Å². The molecule has 0 amide bonds. The molecule has 1 aliphatic carbocycles. The van der Waals surface area contributed by atoms with Crippen molar-refractivity contribution < 1.29 is 4.57 Å². The molecule has 1 aliphatic heterocycles. The van der Waals surface area contributed by atoms with E-state index in [2.05, 4.69) is 128 Å². The molecule has 3 heteroatoms. The zero-order valence-electron chi connectivity index (χ0n) is 27.5. The van der Waals surface area contributed by atoms with Gasteiger partial charge < -0.3 is 9.13 Å². The third-order valence-electron chi connectivity index (χ3n) is 11.3. The molecule has 1 aromatic heterocycles. The summed E-state index contributed by atoms with van der Waals surface area (Å²) < 4.78 is 18.8. The quantitative estimate of drug-likeness (QED) is 0.175. The van der Waals surface area contributed by atoms with Crippen LogP contribution < -0.4 is 15.9 Å². The van der Waals surface area contributed by atoms with Crippen LogP contribution in [0.2, 0.25) is 0 Å². The Morgan fingerprint density at radius 1 is 0.469 bits per heavy atom. The summed E-state index contributed by atoms with van der Waals surface area (Å²) in [6.45, 7) is 4.65. The van der Waals surface area contributed by atoms with E-state index in [0.717, 1.165) is 21.5 Å². The third kappa shape index (κ3) is 3.50. The Hall–Kier alpha value is -5.43. The summed E-state index contributed by atoms with van der Waals surface area (Å²) in [6, 6.07) is 60.4. The van der Waals surface area contributed by atoms with Gasteiger partial charge >= 0.3 is 0 Å². The van der Waals surface area contributed by atoms with E-state index in [-0.39, 0.29) is 0 Å². The molecule has 0 radical (unpaired) electrons. The summed E-state index contributed by atoms with van der Waals surface area (Å²) in [5, 5.41) is 5.12. The first-order valence-corrected chi connectivity index (χ1v) is 18.8. The molecule has 2 nitrogen and oxygen atoms in total. The maximum atomic E-state index is 16.3. The number of hydrogen-bond acceptors (Lipinski definition) is 1. The molecule has 0 N–H and O–H groups in total. The number of fused-ring (bicyclic) bond motifs is 11. The minimum atomic E-state index is -3.33. The highest BCUT2D eigenvalue weighted by Crippen LogP contribution is 2.61. The predicted molar refractivity (Wildman–Crippen MR) is 204 cm³/mol. The molecular formula is C46H34NOP. The number of rotatable bonds is 3. The number of nitrogens with zero attached hydrogens (tertiary/aromatic N) is 1. The van der Waals surface area contributed by atoms with Crippen molar-refractivity contribution in [3.8, 4) is 5.69 Å². The molecule has 8 aromatic rings. The Bertz CT molecular complexity index is 2630. The first-order chi connectivity index (χ1) is 24.0. The van der Waals surface area contributed by atoms with Crippen molar-refractivity contribution in [2.45, 2.75) is 24.7 Å². The Morgan fingerprint density at radius 3 is 1.73 bits per heavy atom. The fourth-order valence-electron chi connectivity index (χ4n) is 9.39. The van der Waals surface area contributed by atoms with Crippen LogP contribution in [0.15, 0.2) is 170 Å². The highest BCUT2D eigenvalue weighted by Gasteiger charge is 2.54. The van der Waals surface area contributed by atoms with Crippen molar-refractivity contribution in [1.82, 2.24) is 4.57 Å². The average molecular weight is 648 g/mol. The minimum absolute atomic E-state index is 0.444. The molecule has 7 aromatic carbocycles. The van der Waals surface area contributed by atoms with Crippen LogP contribution in [0.5, 0.6) is 0 Å². The van der Waals surface area contributed by atoms with Gasteiger partial charge in [0.1, 0.15) is 0 Å². The highest BCUT2D eigenvalue weighted by atomic mass is 31.2. The van der Waals surface area contributed by atoms with E-state index in [1.807, 2.05) is 60.7 Å². The number of hydrogen-bond donors (Lipinski definition) is 0. The second-order valence-electron chi connectivity index (χ2n) is 14.0. The van der Waals surface area contributed by atoms with Crippen molar-refractivity contribution in [3.05, 3.63) is 203 Å². The van der Waals surface area contributed by atoms with Crippen LogP contribution in [0.25, 0.3) is 27.5 Å². The number of benzene rings is 7. The van der Waals surface area contributed by atoms with Gasteiger partial charge in [-0.1, -0.05) is 172 Å². The summed E-state index contributed by atoms with van der Waals surface area (Å²) in [7, 11) is -3.33. The molecule has 49 heavy (non-hydrogen) atoms. The molecule has 1 unspecified atom stereocenters. The van der Waals surface area contributed by atoms with Crippen molar-refractivity contribution in [1.29, 1.82) is 0 Å². The van der Waals surface area contributed by atoms with Gasteiger partial charge in [0.15, 0.2) is 7.14 Å². The van der Waals surface area contributed by atoms with E-state index < -0.39 is 18.0 Å². The Labute approximate surface area is 286 Å². The second-order valence-corrected chi connectivity index (χ2v) is 16.7. The van der Waals surface area contributed by atoms with Crippen LogP contribution in [0.1, 0.15) is 47.2 Å². The lowest BCUT2D eigenvalue weighted by Gasteiger charge is -2.51. The SMILES string of the molecule is CC1(C)c2ccccc2C2(c3ccccc3-n3c4ccccc4c4cccc2c43)c2cccc(P(=O)(c3ccccc3)c3ccccc3)c21. The van der Waals surface area contributed by atoms with Crippen LogP contribution in [0, 0.1) is 0 Å². The zero-order valence-corrected chi connectivity index (χ0v) is 28.4. The molecule has 234 valence electrons. The van der Waals surface area contributed by atoms with Crippen LogP contribution in [0.3, 0.4) is 0 Å². The van der Waals surface area contributed by atoms with Gasteiger partial charge in [0.05, 0.1) is 22.1 Å². The third-order valence-corrected chi connectivity index (χ3v) is 14.4. The summed E-state index contributed by atoms with van der Waals surface area (Å²) in [6.07, 6.45) is 0. The first-order valence-electron chi connectivity index (χ1n) is 17.1. The van der Waals surface area contributed by atoms with Gasteiger partial charge in [-0.15, -0.1) is 0 Å². The molecule has 1 atom stereocenters. The fourth-order valence-corrected chi connectivity index (χ4v) is 12.4. The lowest BCUT2D eigenvalue weighted by atomic mass is 9.53. The standard InChI is InChI=1S/C46H34NOP/c1-45(2)35-23-10-11-24-36(35)46(37-25-12-14-29-41(37)47-40-28-13-9-21-33(40)34-22-15-27-39(46)44(34)47)38-26-16-30-42(43(38)45)49(48,31-17-5-3-6-18-31)32-19-7-4-8-20-32/h3-30H,1-2H3. The van der Waals surface area contributed by atoms with Gasteiger partial charge in [0, 0.05) is 32.1 Å². The largest absolute Gasteiger partial charge is 0.309 e. The molecule has 2 aliphatic rings. The van der Waals surface area contributed by atoms with Gasteiger partial charge in [0.25, 0.3) is 0 Å². The average Bonchev–Trinajstić information content (AvgIpc) is 3.50. The predicted octanol–water partition coefficient (Wildman–Crippen LogP) is 9.76. The van der Waals surface area contributed by atoms with E-state index >= 15 is 4.57 Å². The summed E-state index contributed by atoms with van der Waals surface area (Å²) in [5.41, 5.74) is 9.96. The normalized spacial score (nSPS) is 17.1. The molecule has 0 saturated heterocycles. The fraction of sp³-hybridized carbons (Fsp3) is 0.0870. The van der Waals surface area contributed by atoms with E-state index in [4.69, 9.17) is 0 Å². The maximum absolute atomic E-state index is 16.3. The van der Waals surface area contributed by atoms with E-state index in [1.54, 1.807) is 0 Å². The molecule has 0 bridgehead atoms. The second kappa shape index (κ2) is 10.0. The highest BCUT2D eigenvalue weighted by molar-refractivity contribution is 7.85. The smallest absolute Gasteiger partial charge is 0.171 e. The van der Waals surface area contributed by atoms with Crippen molar-refractivity contribution in [2.75, 3.05) is 0 Å². The van der Waals surface area contributed by atoms with Crippen LogP contribution in [0.4, 0.5) is 0 Å². The van der Waals surface area contributed by atoms with Crippen molar-refractivity contribution in [2.24, 2.45) is 0 Å². The Balaban J connectivity index is 1.44. The van der Waals surface area contributed by atoms with Crippen LogP contribution in [-0.2, 0) is 15.4 Å².